The molecule has 0 saturated carbocycles. The standard InChI is InChI=1S/C18H18N2O6/c1-11(19-18(25)26-10-12-5-3-2-4-6-12)16(22)20-13-7-8-14(17(23)24)15(21)9-13/h2-9,11,21H,10H2,1H3,(H,19,25)(H,20,22)(H,23,24). The molecule has 0 heterocycles. The van der Waals surface area contributed by atoms with Crippen LogP contribution in [-0.2, 0) is 16.1 Å². The van der Waals surface area contributed by atoms with E-state index in [9.17, 15) is 19.5 Å². The molecular formula is C18H18N2O6. The molecule has 0 aliphatic carbocycles. The van der Waals surface area contributed by atoms with Gasteiger partial charge in [-0.2, -0.15) is 0 Å². The lowest BCUT2D eigenvalue weighted by atomic mass is 10.2. The Morgan fingerprint density at radius 1 is 1.12 bits per heavy atom. The van der Waals surface area contributed by atoms with E-state index < -0.39 is 29.8 Å². The van der Waals surface area contributed by atoms with Crippen LogP contribution >= 0.6 is 0 Å². The van der Waals surface area contributed by atoms with Gasteiger partial charge in [0.05, 0.1) is 0 Å². The number of rotatable bonds is 6. The van der Waals surface area contributed by atoms with Gasteiger partial charge in [0.25, 0.3) is 0 Å². The lowest BCUT2D eigenvalue weighted by Gasteiger charge is -2.14. The molecule has 0 fully saturated rings. The van der Waals surface area contributed by atoms with Crippen LogP contribution in [0.1, 0.15) is 22.8 Å². The summed E-state index contributed by atoms with van der Waals surface area (Å²) in [6.45, 7) is 1.54. The predicted octanol–water partition coefficient (Wildman–Crippen LogP) is 2.34. The van der Waals surface area contributed by atoms with Gasteiger partial charge in [-0.15, -0.1) is 0 Å². The molecule has 2 amide bonds. The van der Waals surface area contributed by atoms with Crippen LogP contribution in [0.3, 0.4) is 0 Å². The maximum atomic E-state index is 12.1. The highest BCUT2D eigenvalue weighted by molar-refractivity contribution is 5.97. The largest absolute Gasteiger partial charge is 0.507 e. The fraction of sp³-hybridized carbons (Fsp3) is 0.167. The van der Waals surface area contributed by atoms with E-state index in [0.29, 0.717) is 0 Å². The first-order valence-corrected chi connectivity index (χ1v) is 7.71. The summed E-state index contributed by atoms with van der Waals surface area (Å²) in [4.78, 5) is 34.7. The number of nitrogens with one attached hydrogen (secondary N) is 2. The monoisotopic (exact) mass is 358 g/mol. The molecule has 4 N–H and O–H groups in total. The zero-order valence-electron chi connectivity index (χ0n) is 13.9. The van der Waals surface area contributed by atoms with Crippen LogP contribution in [0.5, 0.6) is 5.75 Å². The van der Waals surface area contributed by atoms with E-state index in [1.54, 1.807) is 12.1 Å². The second-order valence-corrected chi connectivity index (χ2v) is 5.45. The van der Waals surface area contributed by atoms with Crippen LogP contribution in [0.25, 0.3) is 0 Å². The lowest BCUT2D eigenvalue weighted by molar-refractivity contribution is -0.117. The number of hydrogen-bond acceptors (Lipinski definition) is 5. The molecule has 1 atom stereocenters. The van der Waals surface area contributed by atoms with Crippen molar-refractivity contribution in [1.29, 1.82) is 0 Å². The molecule has 0 aromatic heterocycles. The van der Waals surface area contributed by atoms with Gasteiger partial charge in [-0.05, 0) is 24.6 Å². The van der Waals surface area contributed by atoms with Crippen molar-refractivity contribution in [2.24, 2.45) is 0 Å². The molecule has 0 aliphatic heterocycles. The highest BCUT2D eigenvalue weighted by atomic mass is 16.5. The molecule has 0 saturated heterocycles. The number of anilines is 1. The van der Waals surface area contributed by atoms with E-state index in [0.717, 1.165) is 11.6 Å². The van der Waals surface area contributed by atoms with Crippen LogP contribution in [-0.4, -0.2) is 34.2 Å². The summed E-state index contributed by atoms with van der Waals surface area (Å²) in [6, 6.07) is 11.8. The third-order valence-corrected chi connectivity index (χ3v) is 3.44. The van der Waals surface area contributed by atoms with Crippen molar-refractivity contribution in [3.63, 3.8) is 0 Å². The highest BCUT2D eigenvalue weighted by Crippen LogP contribution is 2.22. The smallest absolute Gasteiger partial charge is 0.408 e. The third kappa shape index (κ3) is 5.23. The summed E-state index contributed by atoms with van der Waals surface area (Å²) in [5, 5.41) is 23.3. The number of carboxylic acids is 1. The van der Waals surface area contributed by atoms with E-state index in [-0.39, 0.29) is 17.9 Å². The number of alkyl carbamates (subject to hydrolysis) is 1. The predicted molar refractivity (Wildman–Crippen MR) is 92.9 cm³/mol. The van der Waals surface area contributed by atoms with Gasteiger partial charge >= 0.3 is 12.1 Å². The minimum atomic E-state index is -1.28. The van der Waals surface area contributed by atoms with E-state index in [1.165, 1.54) is 19.1 Å². The van der Waals surface area contributed by atoms with E-state index >= 15 is 0 Å². The topological polar surface area (TPSA) is 125 Å². The average molecular weight is 358 g/mol. The maximum Gasteiger partial charge on any atom is 0.408 e. The molecule has 26 heavy (non-hydrogen) atoms. The van der Waals surface area contributed by atoms with Crippen molar-refractivity contribution in [3.05, 3.63) is 59.7 Å². The van der Waals surface area contributed by atoms with Crippen molar-refractivity contribution in [3.8, 4) is 5.75 Å². The Morgan fingerprint density at radius 2 is 1.81 bits per heavy atom. The van der Waals surface area contributed by atoms with Crippen LogP contribution in [0.4, 0.5) is 10.5 Å². The van der Waals surface area contributed by atoms with E-state index in [4.69, 9.17) is 9.84 Å². The number of ether oxygens (including phenoxy) is 1. The van der Waals surface area contributed by atoms with Crippen molar-refractivity contribution in [2.45, 2.75) is 19.6 Å². The molecule has 0 bridgehead atoms. The van der Waals surface area contributed by atoms with Gasteiger partial charge in [-0.25, -0.2) is 9.59 Å². The van der Waals surface area contributed by atoms with Gasteiger partial charge in [0, 0.05) is 11.8 Å². The van der Waals surface area contributed by atoms with Gasteiger partial charge in [-0.3, -0.25) is 4.79 Å². The zero-order valence-corrected chi connectivity index (χ0v) is 13.9. The number of carbonyl (C=O) groups is 3. The summed E-state index contributed by atoms with van der Waals surface area (Å²) in [5.74, 6) is -2.31. The molecule has 136 valence electrons. The molecule has 0 aliphatic rings. The molecule has 1 unspecified atom stereocenters. The Kier molecular flexibility index (Phi) is 6.15. The Labute approximate surface area is 149 Å². The van der Waals surface area contributed by atoms with Gasteiger partial charge < -0.3 is 25.6 Å². The van der Waals surface area contributed by atoms with Crippen LogP contribution < -0.4 is 10.6 Å². The summed E-state index contributed by atoms with van der Waals surface area (Å²) in [7, 11) is 0. The van der Waals surface area contributed by atoms with Crippen LogP contribution in [0, 0.1) is 0 Å². The van der Waals surface area contributed by atoms with Gasteiger partial charge in [0.2, 0.25) is 5.91 Å². The average Bonchev–Trinajstić information content (AvgIpc) is 2.60. The quantitative estimate of drug-likeness (QED) is 0.628. The van der Waals surface area contributed by atoms with Gasteiger partial charge in [0.15, 0.2) is 0 Å². The number of aromatic carboxylic acids is 1. The molecule has 0 spiro atoms. The van der Waals surface area contributed by atoms with Crippen LogP contribution in [0.15, 0.2) is 48.5 Å². The molecular weight excluding hydrogens is 340 g/mol. The Hall–Kier alpha value is -3.55. The Morgan fingerprint density at radius 3 is 2.42 bits per heavy atom. The summed E-state index contributed by atoms with van der Waals surface area (Å²) >= 11 is 0. The number of amides is 2. The highest BCUT2D eigenvalue weighted by Gasteiger charge is 2.17. The second-order valence-electron chi connectivity index (χ2n) is 5.45. The Balaban J connectivity index is 1.86. The maximum absolute atomic E-state index is 12.1. The van der Waals surface area contributed by atoms with Gasteiger partial charge in [-0.1, -0.05) is 30.3 Å². The molecule has 2 aromatic rings. The molecule has 2 rings (SSSR count). The van der Waals surface area contributed by atoms with Crippen molar-refractivity contribution >= 4 is 23.7 Å². The number of hydrogen-bond donors (Lipinski definition) is 4. The SMILES string of the molecule is CC(NC(=O)OCc1ccccc1)C(=O)Nc1ccc(C(=O)O)c(O)c1. The summed E-state index contributed by atoms with van der Waals surface area (Å²) < 4.78 is 5.02. The first kappa shape index (κ1) is 18.8. The zero-order chi connectivity index (χ0) is 19.1. The lowest BCUT2D eigenvalue weighted by Crippen LogP contribution is -2.41. The first-order chi connectivity index (χ1) is 12.4. The van der Waals surface area contributed by atoms with E-state index in [1.807, 2.05) is 18.2 Å². The number of benzene rings is 2. The molecule has 8 heteroatoms. The second kappa shape index (κ2) is 8.52. The molecule has 8 nitrogen and oxygen atoms in total. The number of carboxylic acid groups (broad SMARTS) is 1. The number of carbonyl (C=O) groups excluding carboxylic acids is 2. The van der Waals surface area contributed by atoms with Crippen molar-refractivity contribution in [2.75, 3.05) is 5.32 Å². The Bertz CT molecular complexity index is 807. The van der Waals surface area contributed by atoms with E-state index in [2.05, 4.69) is 10.6 Å². The first-order valence-electron chi connectivity index (χ1n) is 7.71. The normalized spacial score (nSPS) is 11.3. The fourth-order valence-corrected chi connectivity index (χ4v) is 2.05. The molecule has 2 aromatic carbocycles. The number of phenols is 1. The van der Waals surface area contributed by atoms with Crippen LogP contribution in [0.2, 0.25) is 0 Å². The molecule has 0 radical (unpaired) electrons. The fourth-order valence-electron chi connectivity index (χ4n) is 2.05. The minimum Gasteiger partial charge on any atom is -0.507 e. The minimum absolute atomic E-state index is 0.0749. The number of aromatic hydroxyl groups is 1. The summed E-state index contributed by atoms with van der Waals surface area (Å²) in [5.41, 5.74) is 0.733. The van der Waals surface area contributed by atoms with Gasteiger partial charge in [0.1, 0.15) is 24.0 Å². The summed E-state index contributed by atoms with van der Waals surface area (Å²) in [6.07, 6.45) is -0.749. The van der Waals surface area contributed by atoms with Crippen molar-refractivity contribution in [1.82, 2.24) is 5.32 Å². The third-order valence-electron chi connectivity index (χ3n) is 3.44. The van der Waals surface area contributed by atoms with Crippen molar-refractivity contribution < 1.29 is 29.3 Å².